The first-order valence-electron chi connectivity index (χ1n) is 5.38. The summed E-state index contributed by atoms with van der Waals surface area (Å²) in [4.78, 5) is 4.57. The van der Waals surface area contributed by atoms with Gasteiger partial charge in [-0.1, -0.05) is 6.07 Å². The fourth-order valence-electron chi connectivity index (χ4n) is 2.29. The number of imidazole rings is 1. The molecule has 15 heavy (non-hydrogen) atoms. The van der Waals surface area contributed by atoms with Gasteiger partial charge >= 0.3 is 0 Å². The zero-order chi connectivity index (χ0) is 10.4. The molecule has 1 unspecified atom stereocenters. The van der Waals surface area contributed by atoms with Gasteiger partial charge in [0.2, 0.25) is 0 Å². The van der Waals surface area contributed by atoms with Crippen molar-refractivity contribution in [1.29, 1.82) is 0 Å². The second kappa shape index (κ2) is 3.07. The smallest absolute Gasteiger partial charge is 0.112 e. The predicted octanol–water partition coefficient (Wildman–Crippen LogP) is 1.65. The molecule has 1 atom stereocenters. The Morgan fingerprint density at radius 2 is 2.33 bits per heavy atom. The van der Waals surface area contributed by atoms with Crippen LogP contribution in [-0.4, -0.2) is 20.8 Å². The molecule has 0 radical (unpaired) electrons. The first kappa shape index (κ1) is 8.92. The molecule has 0 aliphatic carbocycles. The highest BCUT2D eigenvalue weighted by atomic mass is 16.3. The lowest BCUT2D eigenvalue weighted by atomic mass is 10.1. The first-order chi connectivity index (χ1) is 7.24. The molecule has 0 bridgehead atoms. The van der Waals surface area contributed by atoms with E-state index in [0.29, 0.717) is 6.42 Å². The minimum absolute atomic E-state index is 0.213. The Labute approximate surface area is 88.4 Å². The number of fused-ring (bicyclic) bond motifs is 3. The lowest BCUT2D eigenvalue weighted by molar-refractivity contribution is 0.142. The van der Waals surface area contributed by atoms with Crippen molar-refractivity contribution in [1.82, 2.24) is 9.55 Å². The monoisotopic (exact) mass is 202 g/mol. The van der Waals surface area contributed by atoms with E-state index in [1.807, 2.05) is 0 Å². The third kappa shape index (κ3) is 1.35. The Balaban J connectivity index is 2.23. The number of nitrogens with zero attached hydrogens (tertiary/aromatic N) is 2. The molecule has 0 spiro atoms. The van der Waals surface area contributed by atoms with E-state index < -0.39 is 0 Å². The highest BCUT2D eigenvalue weighted by Crippen LogP contribution is 2.23. The molecule has 0 amide bonds. The standard InChI is InChI=1S/C12H14N2O/c1-8-2-3-11-10(6-8)13-12-7-9(15)4-5-14(11)12/h2-3,6,9,15H,4-5,7H2,1H3. The molecule has 2 aromatic rings. The molecule has 0 saturated carbocycles. The van der Waals surface area contributed by atoms with Crippen molar-refractivity contribution in [2.75, 3.05) is 0 Å². The maximum atomic E-state index is 9.58. The van der Waals surface area contributed by atoms with Gasteiger partial charge in [0.15, 0.2) is 0 Å². The van der Waals surface area contributed by atoms with Crippen LogP contribution >= 0.6 is 0 Å². The molecule has 3 rings (SSSR count). The minimum atomic E-state index is -0.213. The van der Waals surface area contributed by atoms with E-state index in [1.165, 1.54) is 11.1 Å². The van der Waals surface area contributed by atoms with E-state index in [1.54, 1.807) is 0 Å². The normalized spacial score (nSPS) is 20.5. The fraction of sp³-hybridized carbons (Fsp3) is 0.417. The van der Waals surface area contributed by atoms with E-state index in [0.717, 1.165) is 24.3 Å². The summed E-state index contributed by atoms with van der Waals surface area (Å²) in [5, 5.41) is 9.58. The second-order valence-corrected chi connectivity index (χ2v) is 4.32. The van der Waals surface area contributed by atoms with Crippen LogP contribution in [0.4, 0.5) is 0 Å². The van der Waals surface area contributed by atoms with E-state index in [-0.39, 0.29) is 6.10 Å². The molecule has 1 aromatic carbocycles. The highest BCUT2D eigenvalue weighted by molar-refractivity contribution is 5.77. The number of aliphatic hydroxyl groups excluding tert-OH is 1. The molecule has 2 heterocycles. The molecular weight excluding hydrogens is 188 g/mol. The topological polar surface area (TPSA) is 38.0 Å². The summed E-state index contributed by atoms with van der Waals surface area (Å²) in [6.07, 6.45) is 1.32. The predicted molar refractivity (Wildman–Crippen MR) is 58.8 cm³/mol. The third-order valence-corrected chi connectivity index (χ3v) is 3.09. The van der Waals surface area contributed by atoms with E-state index in [2.05, 4.69) is 34.7 Å². The number of hydrogen-bond donors (Lipinski definition) is 1. The van der Waals surface area contributed by atoms with Gasteiger partial charge in [0.05, 0.1) is 17.1 Å². The van der Waals surface area contributed by atoms with Crippen LogP contribution < -0.4 is 0 Å². The van der Waals surface area contributed by atoms with Gasteiger partial charge in [-0.15, -0.1) is 0 Å². The Morgan fingerprint density at radius 1 is 1.47 bits per heavy atom. The molecular formula is C12H14N2O. The lowest BCUT2D eigenvalue weighted by Gasteiger charge is -2.19. The van der Waals surface area contributed by atoms with Gasteiger partial charge < -0.3 is 9.67 Å². The number of hydrogen-bond acceptors (Lipinski definition) is 2. The molecule has 0 saturated heterocycles. The van der Waals surface area contributed by atoms with Crippen molar-refractivity contribution in [3.8, 4) is 0 Å². The summed E-state index contributed by atoms with van der Waals surface area (Å²) < 4.78 is 2.22. The summed E-state index contributed by atoms with van der Waals surface area (Å²) in [5.41, 5.74) is 3.49. The van der Waals surface area contributed by atoms with Crippen molar-refractivity contribution < 1.29 is 5.11 Å². The van der Waals surface area contributed by atoms with Crippen molar-refractivity contribution in [3.63, 3.8) is 0 Å². The van der Waals surface area contributed by atoms with Gasteiger partial charge in [-0.05, 0) is 31.0 Å². The Morgan fingerprint density at radius 3 is 3.20 bits per heavy atom. The van der Waals surface area contributed by atoms with Crippen molar-refractivity contribution >= 4 is 11.0 Å². The van der Waals surface area contributed by atoms with Gasteiger partial charge in [-0.25, -0.2) is 4.98 Å². The summed E-state index contributed by atoms with van der Waals surface area (Å²) in [5.74, 6) is 1.02. The van der Waals surface area contributed by atoms with Crippen molar-refractivity contribution in [3.05, 3.63) is 29.6 Å². The van der Waals surface area contributed by atoms with Crippen LogP contribution in [0.5, 0.6) is 0 Å². The van der Waals surface area contributed by atoms with Gasteiger partial charge in [-0.2, -0.15) is 0 Å². The van der Waals surface area contributed by atoms with Crippen molar-refractivity contribution in [2.45, 2.75) is 32.4 Å². The van der Waals surface area contributed by atoms with Crippen LogP contribution in [0.2, 0.25) is 0 Å². The number of aliphatic hydroxyl groups is 1. The molecule has 3 heteroatoms. The average Bonchev–Trinajstić information content (AvgIpc) is 2.53. The van der Waals surface area contributed by atoms with Gasteiger partial charge in [0, 0.05) is 13.0 Å². The Bertz CT molecular complexity index is 516. The third-order valence-electron chi connectivity index (χ3n) is 3.09. The second-order valence-electron chi connectivity index (χ2n) is 4.32. The summed E-state index contributed by atoms with van der Waals surface area (Å²) in [6, 6.07) is 6.34. The number of aromatic nitrogens is 2. The zero-order valence-corrected chi connectivity index (χ0v) is 8.77. The van der Waals surface area contributed by atoms with E-state index in [9.17, 15) is 5.11 Å². The largest absolute Gasteiger partial charge is 0.393 e. The maximum absolute atomic E-state index is 9.58. The van der Waals surface area contributed by atoms with Crippen LogP contribution in [0.15, 0.2) is 18.2 Å². The quantitative estimate of drug-likeness (QED) is 0.705. The first-order valence-corrected chi connectivity index (χ1v) is 5.38. The average molecular weight is 202 g/mol. The van der Waals surface area contributed by atoms with Gasteiger partial charge in [-0.3, -0.25) is 0 Å². The molecule has 1 aromatic heterocycles. The molecule has 1 aliphatic rings. The van der Waals surface area contributed by atoms with Crippen LogP contribution in [0, 0.1) is 6.92 Å². The van der Waals surface area contributed by atoms with Crippen LogP contribution in [-0.2, 0) is 13.0 Å². The zero-order valence-electron chi connectivity index (χ0n) is 8.77. The maximum Gasteiger partial charge on any atom is 0.112 e. The van der Waals surface area contributed by atoms with Gasteiger partial charge in [0.1, 0.15) is 5.82 Å². The number of aryl methyl sites for hydroxylation is 2. The highest BCUT2D eigenvalue weighted by Gasteiger charge is 2.19. The van der Waals surface area contributed by atoms with E-state index >= 15 is 0 Å². The molecule has 3 nitrogen and oxygen atoms in total. The molecule has 78 valence electrons. The summed E-state index contributed by atoms with van der Waals surface area (Å²) >= 11 is 0. The molecule has 1 N–H and O–H groups in total. The molecule has 1 aliphatic heterocycles. The SMILES string of the molecule is Cc1ccc2c(c1)nc1n2CCC(O)C1. The number of benzene rings is 1. The van der Waals surface area contributed by atoms with Crippen LogP contribution in [0.25, 0.3) is 11.0 Å². The summed E-state index contributed by atoms with van der Waals surface area (Å²) in [6.45, 7) is 2.96. The fourth-order valence-corrected chi connectivity index (χ4v) is 2.29. The van der Waals surface area contributed by atoms with Crippen molar-refractivity contribution in [2.24, 2.45) is 0 Å². The van der Waals surface area contributed by atoms with E-state index in [4.69, 9.17) is 0 Å². The van der Waals surface area contributed by atoms with Crippen LogP contribution in [0.1, 0.15) is 17.8 Å². The minimum Gasteiger partial charge on any atom is -0.393 e. The Kier molecular flexibility index (Phi) is 1.83. The van der Waals surface area contributed by atoms with Crippen LogP contribution in [0.3, 0.4) is 0 Å². The van der Waals surface area contributed by atoms with Gasteiger partial charge in [0.25, 0.3) is 0 Å². The molecule has 0 fully saturated rings. The lowest BCUT2D eigenvalue weighted by Crippen LogP contribution is -2.23. The Hall–Kier alpha value is -1.35. The summed E-state index contributed by atoms with van der Waals surface area (Å²) in [7, 11) is 0. The number of rotatable bonds is 0.